The second-order valence-electron chi connectivity index (χ2n) is 4.79. The summed E-state index contributed by atoms with van der Waals surface area (Å²) >= 11 is 6.10. The number of nitrogens with two attached hydrogens (primary N) is 1. The molecule has 20 heavy (non-hydrogen) atoms. The molecule has 106 valence electrons. The molecule has 0 saturated carbocycles. The number of halogens is 1. The Morgan fingerprint density at radius 1 is 1.05 bits per heavy atom. The van der Waals surface area contributed by atoms with Crippen molar-refractivity contribution in [1.82, 2.24) is 0 Å². The zero-order valence-corrected chi connectivity index (χ0v) is 12.7. The van der Waals surface area contributed by atoms with Crippen molar-refractivity contribution in [1.29, 1.82) is 0 Å². The second kappa shape index (κ2) is 6.78. The minimum absolute atomic E-state index is 0.0891. The fourth-order valence-corrected chi connectivity index (χ4v) is 2.29. The van der Waals surface area contributed by atoms with E-state index in [1.807, 2.05) is 42.5 Å². The number of rotatable bonds is 5. The highest BCUT2D eigenvalue weighted by Gasteiger charge is 2.05. The number of hydrogen-bond acceptors (Lipinski definition) is 2. The normalized spacial score (nSPS) is 12.2. The van der Waals surface area contributed by atoms with Gasteiger partial charge in [-0.3, -0.25) is 0 Å². The quantitative estimate of drug-likeness (QED) is 0.830. The molecule has 0 unspecified atom stereocenters. The molecule has 3 heteroatoms. The fourth-order valence-electron chi connectivity index (χ4n) is 2.04. The Hall–Kier alpha value is -1.51. The van der Waals surface area contributed by atoms with Crippen molar-refractivity contribution in [3.05, 3.63) is 58.6 Å². The molecule has 0 aliphatic rings. The molecule has 2 nitrogen and oxygen atoms in total. The van der Waals surface area contributed by atoms with E-state index >= 15 is 0 Å². The summed E-state index contributed by atoms with van der Waals surface area (Å²) in [5.41, 5.74) is 8.22. The van der Waals surface area contributed by atoms with Crippen LogP contribution in [-0.4, -0.2) is 0 Å². The third kappa shape index (κ3) is 3.53. The number of hydrogen-bond donors (Lipinski definition) is 1. The summed E-state index contributed by atoms with van der Waals surface area (Å²) in [5, 5.41) is 0.782. The Balaban J connectivity index is 2.14. The predicted molar refractivity (Wildman–Crippen MR) is 84.6 cm³/mol. The lowest BCUT2D eigenvalue weighted by Crippen LogP contribution is -2.07. The van der Waals surface area contributed by atoms with Gasteiger partial charge < -0.3 is 10.5 Å². The SMILES string of the molecule is CCc1cc(Oc2ccc([C@H](N)CC)cc2)ccc1Cl. The average Bonchev–Trinajstić information content (AvgIpc) is 2.49. The third-order valence-corrected chi connectivity index (χ3v) is 3.75. The topological polar surface area (TPSA) is 35.2 Å². The molecule has 0 aromatic heterocycles. The van der Waals surface area contributed by atoms with Crippen LogP contribution in [-0.2, 0) is 6.42 Å². The molecular formula is C17H20ClNO. The van der Waals surface area contributed by atoms with Crippen LogP contribution >= 0.6 is 11.6 Å². The summed E-state index contributed by atoms with van der Waals surface area (Å²) < 4.78 is 5.84. The number of ether oxygens (including phenoxy) is 1. The van der Waals surface area contributed by atoms with Crippen LogP contribution in [0.1, 0.15) is 37.4 Å². The van der Waals surface area contributed by atoms with Gasteiger partial charge in [0.2, 0.25) is 0 Å². The van der Waals surface area contributed by atoms with E-state index in [0.717, 1.165) is 40.5 Å². The lowest BCUT2D eigenvalue weighted by Gasteiger charge is -2.11. The van der Waals surface area contributed by atoms with E-state index in [1.165, 1.54) is 0 Å². The van der Waals surface area contributed by atoms with Crippen molar-refractivity contribution in [2.24, 2.45) is 5.73 Å². The first kappa shape index (κ1) is 14.9. The highest BCUT2D eigenvalue weighted by atomic mass is 35.5. The Morgan fingerprint density at radius 3 is 2.30 bits per heavy atom. The van der Waals surface area contributed by atoms with Crippen molar-refractivity contribution in [3.8, 4) is 11.5 Å². The van der Waals surface area contributed by atoms with Gasteiger partial charge in [-0.15, -0.1) is 0 Å². The molecule has 0 saturated heterocycles. The summed E-state index contributed by atoms with van der Waals surface area (Å²) in [6.07, 6.45) is 1.82. The average molecular weight is 290 g/mol. The molecule has 2 N–H and O–H groups in total. The molecule has 0 bridgehead atoms. The van der Waals surface area contributed by atoms with Crippen molar-refractivity contribution in [2.75, 3.05) is 0 Å². The Bertz CT molecular complexity index is 566. The predicted octanol–water partition coefficient (Wildman–Crippen LogP) is 5.10. The summed E-state index contributed by atoms with van der Waals surface area (Å²) in [6, 6.07) is 13.8. The van der Waals surface area contributed by atoms with Crippen LogP contribution in [0.4, 0.5) is 0 Å². The smallest absolute Gasteiger partial charge is 0.127 e. The molecule has 2 aromatic carbocycles. The maximum atomic E-state index is 6.10. The monoisotopic (exact) mass is 289 g/mol. The molecular weight excluding hydrogens is 270 g/mol. The standard InChI is InChI=1S/C17H20ClNO/c1-3-12-11-15(9-10-16(12)18)20-14-7-5-13(6-8-14)17(19)4-2/h5-11,17H,3-4,19H2,1-2H3/t17-/m1/s1. The van der Waals surface area contributed by atoms with Gasteiger partial charge in [0.25, 0.3) is 0 Å². The van der Waals surface area contributed by atoms with Gasteiger partial charge in [0.1, 0.15) is 11.5 Å². The third-order valence-electron chi connectivity index (χ3n) is 3.38. The van der Waals surface area contributed by atoms with Gasteiger partial charge in [-0.25, -0.2) is 0 Å². The largest absolute Gasteiger partial charge is 0.457 e. The van der Waals surface area contributed by atoms with E-state index in [0.29, 0.717) is 0 Å². The first-order chi connectivity index (χ1) is 9.63. The highest BCUT2D eigenvalue weighted by Crippen LogP contribution is 2.27. The Morgan fingerprint density at radius 2 is 1.70 bits per heavy atom. The Kier molecular flexibility index (Phi) is 5.05. The molecule has 0 fully saturated rings. The van der Waals surface area contributed by atoms with Crippen LogP contribution in [0.25, 0.3) is 0 Å². The molecule has 0 amide bonds. The number of benzene rings is 2. The summed E-state index contributed by atoms with van der Waals surface area (Å²) in [4.78, 5) is 0. The fraction of sp³-hybridized carbons (Fsp3) is 0.294. The molecule has 0 heterocycles. The van der Waals surface area contributed by atoms with Crippen molar-refractivity contribution in [3.63, 3.8) is 0 Å². The highest BCUT2D eigenvalue weighted by molar-refractivity contribution is 6.31. The van der Waals surface area contributed by atoms with Gasteiger partial charge in [0, 0.05) is 11.1 Å². The first-order valence-corrected chi connectivity index (χ1v) is 7.33. The first-order valence-electron chi connectivity index (χ1n) is 6.95. The summed E-state index contributed by atoms with van der Waals surface area (Å²) in [6.45, 7) is 4.15. The minimum Gasteiger partial charge on any atom is -0.457 e. The Labute approximate surface area is 125 Å². The molecule has 1 atom stereocenters. The molecule has 2 rings (SSSR count). The van der Waals surface area contributed by atoms with Crippen molar-refractivity contribution >= 4 is 11.6 Å². The van der Waals surface area contributed by atoms with E-state index in [9.17, 15) is 0 Å². The van der Waals surface area contributed by atoms with Crippen LogP contribution in [0.5, 0.6) is 11.5 Å². The van der Waals surface area contributed by atoms with E-state index in [4.69, 9.17) is 22.1 Å². The van der Waals surface area contributed by atoms with E-state index in [1.54, 1.807) is 0 Å². The zero-order chi connectivity index (χ0) is 14.5. The second-order valence-corrected chi connectivity index (χ2v) is 5.20. The van der Waals surface area contributed by atoms with Gasteiger partial charge in [-0.05, 0) is 54.3 Å². The number of aryl methyl sites for hydroxylation is 1. The summed E-state index contributed by atoms with van der Waals surface area (Å²) in [7, 11) is 0. The van der Waals surface area contributed by atoms with Crippen LogP contribution in [0.2, 0.25) is 5.02 Å². The van der Waals surface area contributed by atoms with Crippen LogP contribution < -0.4 is 10.5 Å². The molecule has 2 aromatic rings. The van der Waals surface area contributed by atoms with Crippen molar-refractivity contribution in [2.45, 2.75) is 32.7 Å². The van der Waals surface area contributed by atoms with Gasteiger partial charge >= 0.3 is 0 Å². The zero-order valence-electron chi connectivity index (χ0n) is 11.9. The van der Waals surface area contributed by atoms with Gasteiger partial charge in [0.05, 0.1) is 0 Å². The maximum absolute atomic E-state index is 6.10. The van der Waals surface area contributed by atoms with Crippen molar-refractivity contribution < 1.29 is 4.74 Å². The van der Waals surface area contributed by atoms with E-state index < -0.39 is 0 Å². The molecule has 0 radical (unpaired) electrons. The van der Waals surface area contributed by atoms with Crippen LogP contribution in [0.15, 0.2) is 42.5 Å². The van der Waals surface area contributed by atoms with E-state index in [2.05, 4.69) is 13.8 Å². The summed E-state index contributed by atoms with van der Waals surface area (Å²) in [5.74, 6) is 1.61. The molecule has 0 spiro atoms. The lowest BCUT2D eigenvalue weighted by molar-refractivity contribution is 0.481. The molecule has 0 aliphatic carbocycles. The van der Waals surface area contributed by atoms with E-state index in [-0.39, 0.29) is 6.04 Å². The van der Waals surface area contributed by atoms with Crippen LogP contribution in [0.3, 0.4) is 0 Å². The van der Waals surface area contributed by atoms with Crippen LogP contribution in [0, 0.1) is 0 Å². The molecule has 0 aliphatic heterocycles. The van der Waals surface area contributed by atoms with Gasteiger partial charge in [-0.2, -0.15) is 0 Å². The maximum Gasteiger partial charge on any atom is 0.127 e. The lowest BCUT2D eigenvalue weighted by atomic mass is 10.1. The van der Waals surface area contributed by atoms with Gasteiger partial charge in [-0.1, -0.05) is 37.6 Å². The minimum atomic E-state index is 0.0891. The van der Waals surface area contributed by atoms with Gasteiger partial charge in [0.15, 0.2) is 0 Å².